The van der Waals surface area contributed by atoms with E-state index >= 15 is 0 Å². The molecule has 0 aliphatic heterocycles. The van der Waals surface area contributed by atoms with Crippen molar-refractivity contribution in [1.82, 2.24) is 0 Å². The number of nitrogens with two attached hydrogens (primary N) is 1. The van der Waals surface area contributed by atoms with Gasteiger partial charge in [-0.15, -0.1) is 0 Å². The number of fused-ring (bicyclic) bond motifs is 7. The molecule has 0 aromatic heterocycles. The van der Waals surface area contributed by atoms with E-state index < -0.39 is 5.41 Å². The molecule has 0 saturated carbocycles. The second kappa shape index (κ2) is 16.8. The van der Waals surface area contributed by atoms with E-state index in [2.05, 4.69) is 224 Å². The lowest BCUT2D eigenvalue weighted by Gasteiger charge is -2.33. The molecule has 0 fully saturated rings. The average Bonchev–Trinajstić information content (AvgIpc) is 3.70. The van der Waals surface area contributed by atoms with E-state index in [4.69, 9.17) is 10.7 Å². The van der Waals surface area contributed by atoms with E-state index in [-0.39, 0.29) is 0 Å². The van der Waals surface area contributed by atoms with Crippen LogP contribution in [0.15, 0.2) is 260 Å². The van der Waals surface area contributed by atoms with Gasteiger partial charge in [0.15, 0.2) is 0 Å². The highest BCUT2D eigenvalue weighted by molar-refractivity contribution is 6.28. The van der Waals surface area contributed by atoms with Crippen LogP contribution in [0.2, 0.25) is 0 Å². The van der Waals surface area contributed by atoms with Crippen LogP contribution >= 0.6 is 0 Å². The molecule has 0 heterocycles. The van der Waals surface area contributed by atoms with Crippen LogP contribution in [-0.4, -0.2) is 5.84 Å². The normalized spacial score (nSPS) is 13.2. The van der Waals surface area contributed by atoms with E-state index in [0.717, 1.165) is 22.4 Å². The van der Waals surface area contributed by atoms with Gasteiger partial charge in [0.1, 0.15) is 5.84 Å². The Labute approximate surface area is 391 Å². The molecule has 12 rings (SSSR count). The first-order chi connectivity index (χ1) is 33.2. The van der Waals surface area contributed by atoms with E-state index in [1.807, 2.05) is 30.3 Å². The standard InChI is InChI=1S/C65H46N2/c66-64(49-22-7-2-8-23-49)67-60(42-34-44-33-41-59-57(43-44)53-29-17-18-32-58(53)65(59,50-24-9-3-10-25-50)51-26-11-4-12-27-51)46-35-37-48(38-36-46)62-55-31-16-15-30-54(55)61(47-20-5-1-6-21-47)56-40-39-45-19-13-14-28-52(45)63(56)62/h1-33,35-43H,34H2,(H2,66,67)/b60-42-. The fraction of sp³-hybridized carbons (Fsp3) is 0.0308. The summed E-state index contributed by atoms with van der Waals surface area (Å²) in [5, 5.41) is 7.42. The van der Waals surface area contributed by atoms with Crippen LogP contribution in [0.3, 0.4) is 0 Å². The highest BCUT2D eigenvalue weighted by Gasteiger charge is 2.45. The number of nitrogens with zero attached hydrogens (tertiary/aromatic N) is 1. The fourth-order valence-electron chi connectivity index (χ4n) is 10.8. The second-order valence-corrected chi connectivity index (χ2v) is 17.5. The van der Waals surface area contributed by atoms with Gasteiger partial charge in [-0.3, -0.25) is 0 Å². The predicted molar refractivity (Wildman–Crippen MR) is 282 cm³/mol. The smallest absolute Gasteiger partial charge is 0.131 e. The summed E-state index contributed by atoms with van der Waals surface area (Å²) >= 11 is 0. The summed E-state index contributed by atoms with van der Waals surface area (Å²) in [6.45, 7) is 0. The van der Waals surface area contributed by atoms with Crippen molar-refractivity contribution in [2.75, 3.05) is 0 Å². The van der Waals surface area contributed by atoms with Gasteiger partial charge in [-0.05, 0) is 105 Å². The minimum Gasteiger partial charge on any atom is -0.383 e. The Bertz CT molecular complexity index is 3640. The van der Waals surface area contributed by atoms with Gasteiger partial charge < -0.3 is 5.73 Å². The van der Waals surface area contributed by atoms with Crippen molar-refractivity contribution in [3.05, 3.63) is 294 Å². The Balaban J connectivity index is 0.994. The Hall–Kier alpha value is -8.59. The van der Waals surface area contributed by atoms with Crippen LogP contribution in [0.5, 0.6) is 0 Å². The van der Waals surface area contributed by atoms with Crippen molar-refractivity contribution in [3.63, 3.8) is 0 Å². The molecule has 67 heavy (non-hydrogen) atoms. The van der Waals surface area contributed by atoms with Crippen molar-refractivity contribution in [2.24, 2.45) is 10.7 Å². The van der Waals surface area contributed by atoms with Crippen LogP contribution in [-0.2, 0) is 11.8 Å². The van der Waals surface area contributed by atoms with Crippen molar-refractivity contribution in [2.45, 2.75) is 11.8 Å². The van der Waals surface area contributed by atoms with Crippen LogP contribution in [0.25, 0.3) is 71.4 Å². The van der Waals surface area contributed by atoms with Crippen molar-refractivity contribution in [1.29, 1.82) is 0 Å². The maximum absolute atomic E-state index is 6.84. The lowest BCUT2D eigenvalue weighted by atomic mass is 9.67. The molecular formula is C65H46N2. The second-order valence-electron chi connectivity index (χ2n) is 17.5. The molecular weight excluding hydrogens is 809 g/mol. The number of aliphatic imine (C=N–C) groups is 1. The quantitative estimate of drug-likeness (QED) is 0.0668. The first-order valence-electron chi connectivity index (χ1n) is 23.1. The zero-order valence-electron chi connectivity index (χ0n) is 37.0. The average molecular weight is 855 g/mol. The third kappa shape index (κ3) is 6.77. The molecule has 0 radical (unpaired) electrons. The van der Waals surface area contributed by atoms with Gasteiger partial charge in [-0.2, -0.15) is 0 Å². The Kier molecular flexibility index (Phi) is 9.99. The summed E-state index contributed by atoms with van der Waals surface area (Å²) < 4.78 is 0. The lowest BCUT2D eigenvalue weighted by molar-refractivity contribution is 0.768. The predicted octanol–water partition coefficient (Wildman–Crippen LogP) is 15.8. The lowest BCUT2D eigenvalue weighted by Crippen LogP contribution is -2.28. The van der Waals surface area contributed by atoms with Gasteiger partial charge >= 0.3 is 0 Å². The van der Waals surface area contributed by atoms with Gasteiger partial charge in [0.2, 0.25) is 0 Å². The highest BCUT2D eigenvalue weighted by Crippen LogP contribution is 2.56. The number of amidine groups is 1. The van der Waals surface area contributed by atoms with E-state index in [0.29, 0.717) is 12.3 Å². The summed E-state index contributed by atoms with van der Waals surface area (Å²) in [4.78, 5) is 5.19. The van der Waals surface area contributed by atoms with Crippen molar-refractivity contribution >= 4 is 43.9 Å². The molecule has 0 saturated heterocycles. The van der Waals surface area contributed by atoms with Gasteiger partial charge in [0, 0.05) is 5.56 Å². The number of hydrogen-bond acceptors (Lipinski definition) is 1. The van der Waals surface area contributed by atoms with Crippen molar-refractivity contribution < 1.29 is 0 Å². The number of allylic oxidation sites excluding steroid dienone is 1. The maximum atomic E-state index is 6.84. The third-order valence-corrected chi connectivity index (χ3v) is 13.8. The summed E-state index contributed by atoms with van der Waals surface area (Å²) in [5.74, 6) is 0.481. The molecule has 2 heteroatoms. The summed E-state index contributed by atoms with van der Waals surface area (Å²) in [6.07, 6.45) is 2.91. The van der Waals surface area contributed by atoms with Crippen LogP contribution in [0.4, 0.5) is 0 Å². The Morgan fingerprint density at radius 3 is 1.67 bits per heavy atom. The molecule has 2 N–H and O–H groups in total. The molecule has 0 unspecified atom stereocenters. The van der Waals surface area contributed by atoms with Crippen LogP contribution in [0.1, 0.15) is 38.9 Å². The molecule has 1 aliphatic rings. The monoisotopic (exact) mass is 854 g/mol. The van der Waals surface area contributed by atoms with Gasteiger partial charge in [0.05, 0.1) is 11.1 Å². The van der Waals surface area contributed by atoms with Gasteiger partial charge in [-0.1, -0.05) is 255 Å². The molecule has 2 nitrogen and oxygen atoms in total. The largest absolute Gasteiger partial charge is 0.383 e. The van der Waals surface area contributed by atoms with E-state index in [9.17, 15) is 0 Å². The minimum absolute atomic E-state index is 0.436. The SMILES string of the molecule is NC(=N/C(=C\Cc1ccc2c(c1)-c1ccccc1C2(c1ccccc1)c1ccccc1)c1ccc(-c2c3ccccc3c(-c3ccccc3)c3ccc4ccccc4c23)cc1)c1ccccc1. The summed E-state index contributed by atoms with van der Waals surface area (Å²) in [5.41, 5.74) is 22.8. The molecule has 0 amide bonds. The Morgan fingerprint density at radius 2 is 0.970 bits per heavy atom. The maximum Gasteiger partial charge on any atom is 0.131 e. The molecule has 0 atom stereocenters. The Morgan fingerprint density at radius 1 is 0.418 bits per heavy atom. The number of rotatable bonds is 9. The first-order valence-corrected chi connectivity index (χ1v) is 23.1. The number of benzene rings is 11. The van der Waals surface area contributed by atoms with E-state index in [1.54, 1.807) is 0 Å². The van der Waals surface area contributed by atoms with Crippen molar-refractivity contribution in [3.8, 4) is 33.4 Å². The molecule has 1 aliphatic carbocycles. The molecule has 316 valence electrons. The zero-order valence-corrected chi connectivity index (χ0v) is 37.0. The summed E-state index contributed by atoms with van der Waals surface area (Å²) in [7, 11) is 0. The highest BCUT2D eigenvalue weighted by atomic mass is 14.9. The van der Waals surface area contributed by atoms with E-state index in [1.165, 1.54) is 88.0 Å². The first kappa shape index (κ1) is 40.0. The van der Waals surface area contributed by atoms with Crippen LogP contribution < -0.4 is 5.73 Å². The number of hydrogen-bond donors (Lipinski definition) is 1. The molecule has 0 spiro atoms. The fourth-order valence-corrected chi connectivity index (χ4v) is 10.8. The minimum atomic E-state index is -0.436. The van der Waals surface area contributed by atoms with Gasteiger partial charge in [-0.25, -0.2) is 4.99 Å². The third-order valence-electron chi connectivity index (χ3n) is 13.8. The zero-order chi connectivity index (χ0) is 44.7. The van der Waals surface area contributed by atoms with Crippen LogP contribution in [0, 0.1) is 0 Å². The summed E-state index contributed by atoms with van der Waals surface area (Å²) in [6, 6.07) is 89.9. The molecule has 0 bridgehead atoms. The topological polar surface area (TPSA) is 38.4 Å². The molecule has 11 aromatic carbocycles. The molecule has 11 aromatic rings. The van der Waals surface area contributed by atoms with Gasteiger partial charge in [0.25, 0.3) is 0 Å².